The van der Waals surface area contributed by atoms with Crippen LogP contribution in [-0.2, 0) is 9.47 Å². The molecule has 1 N–H and O–H groups in total. The predicted octanol–water partition coefficient (Wildman–Crippen LogP) is 2.58. The van der Waals surface area contributed by atoms with E-state index in [4.69, 9.17) is 24.4 Å². The summed E-state index contributed by atoms with van der Waals surface area (Å²) in [6.07, 6.45) is 1.78. The van der Waals surface area contributed by atoms with E-state index >= 15 is 0 Å². The molecule has 0 aliphatic carbocycles. The van der Waals surface area contributed by atoms with Crippen molar-refractivity contribution in [2.75, 3.05) is 44.4 Å². The van der Waals surface area contributed by atoms with E-state index in [1.165, 1.54) is 0 Å². The third-order valence-corrected chi connectivity index (χ3v) is 5.53. The average molecular weight is 391 g/mol. The van der Waals surface area contributed by atoms with E-state index in [0.29, 0.717) is 19.8 Å². The largest absolute Gasteiger partial charge is 0.377 e. The lowest BCUT2D eigenvalue weighted by Crippen LogP contribution is -2.44. The van der Waals surface area contributed by atoms with Gasteiger partial charge in [0.2, 0.25) is 5.95 Å². The first-order valence-corrected chi connectivity index (χ1v) is 10.2. The van der Waals surface area contributed by atoms with Crippen LogP contribution in [0.1, 0.15) is 18.7 Å². The van der Waals surface area contributed by atoms with E-state index in [1.54, 1.807) is 0 Å². The summed E-state index contributed by atoms with van der Waals surface area (Å²) < 4.78 is 11.6. The molecule has 1 unspecified atom stereocenters. The zero-order chi connectivity index (χ0) is 19.6. The molecule has 7 heteroatoms. The number of pyridine rings is 1. The van der Waals surface area contributed by atoms with Crippen molar-refractivity contribution >= 4 is 16.9 Å². The van der Waals surface area contributed by atoms with Gasteiger partial charge in [-0.3, -0.25) is 4.98 Å². The summed E-state index contributed by atoms with van der Waals surface area (Å²) in [5.41, 5.74) is 3.78. The van der Waals surface area contributed by atoms with Gasteiger partial charge in [0, 0.05) is 36.8 Å². The molecule has 2 aliphatic rings. The highest BCUT2D eigenvalue weighted by atomic mass is 16.5. The van der Waals surface area contributed by atoms with Crippen LogP contribution in [0.15, 0.2) is 42.6 Å². The Kier molecular flexibility index (Phi) is 5.10. The van der Waals surface area contributed by atoms with E-state index in [1.807, 2.05) is 24.4 Å². The van der Waals surface area contributed by atoms with Gasteiger partial charge in [-0.15, -0.1) is 0 Å². The second-order valence-electron chi connectivity index (χ2n) is 7.54. The zero-order valence-corrected chi connectivity index (χ0v) is 16.5. The molecule has 2 fully saturated rings. The number of morpholine rings is 2. The van der Waals surface area contributed by atoms with Gasteiger partial charge in [-0.1, -0.05) is 30.3 Å². The maximum atomic E-state index is 6.03. The number of anilines is 1. The molecule has 150 valence electrons. The summed E-state index contributed by atoms with van der Waals surface area (Å²) in [5.74, 6) is 0.739. The Morgan fingerprint density at radius 1 is 1.14 bits per heavy atom. The number of aromatic nitrogens is 3. The summed E-state index contributed by atoms with van der Waals surface area (Å²) in [6.45, 7) is 6.58. The van der Waals surface area contributed by atoms with Crippen LogP contribution in [0.5, 0.6) is 0 Å². The first-order chi connectivity index (χ1) is 14.3. The normalized spacial score (nSPS) is 22.7. The summed E-state index contributed by atoms with van der Waals surface area (Å²) >= 11 is 0. The summed E-state index contributed by atoms with van der Waals surface area (Å²) in [4.78, 5) is 16.8. The first-order valence-electron chi connectivity index (χ1n) is 10.2. The van der Waals surface area contributed by atoms with E-state index in [2.05, 4.69) is 35.3 Å². The van der Waals surface area contributed by atoms with Crippen molar-refractivity contribution in [1.29, 1.82) is 0 Å². The molecule has 0 radical (unpaired) electrons. The SMILES string of the molecule is C[C@H]1COCCN1c1nc(C2CNCCO2)c2cnc(-c3ccccc3)cc2n1. The Morgan fingerprint density at radius 2 is 2.03 bits per heavy atom. The minimum absolute atomic E-state index is 0.103. The molecule has 3 aromatic rings. The monoisotopic (exact) mass is 391 g/mol. The number of rotatable bonds is 3. The number of hydrogen-bond donors (Lipinski definition) is 1. The van der Waals surface area contributed by atoms with Gasteiger partial charge in [0.1, 0.15) is 6.10 Å². The maximum absolute atomic E-state index is 6.03. The number of ether oxygens (including phenoxy) is 2. The van der Waals surface area contributed by atoms with Gasteiger partial charge in [0.05, 0.1) is 42.8 Å². The van der Waals surface area contributed by atoms with Crippen molar-refractivity contribution in [3.63, 3.8) is 0 Å². The van der Waals surface area contributed by atoms with Crippen LogP contribution in [-0.4, -0.2) is 60.4 Å². The molecule has 7 nitrogen and oxygen atoms in total. The Balaban J connectivity index is 1.64. The predicted molar refractivity (Wildman–Crippen MR) is 112 cm³/mol. The highest BCUT2D eigenvalue weighted by Gasteiger charge is 2.26. The molecule has 2 saturated heterocycles. The number of fused-ring (bicyclic) bond motifs is 1. The maximum Gasteiger partial charge on any atom is 0.226 e. The Labute approximate surface area is 170 Å². The van der Waals surface area contributed by atoms with E-state index in [0.717, 1.165) is 53.4 Å². The van der Waals surface area contributed by atoms with Crippen LogP contribution >= 0.6 is 0 Å². The lowest BCUT2D eigenvalue weighted by molar-refractivity contribution is 0.0259. The van der Waals surface area contributed by atoms with Gasteiger partial charge >= 0.3 is 0 Å². The van der Waals surface area contributed by atoms with Gasteiger partial charge in [-0.25, -0.2) is 9.97 Å². The summed E-state index contributed by atoms with van der Waals surface area (Å²) in [7, 11) is 0. The van der Waals surface area contributed by atoms with Crippen LogP contribution in [0.3, 0.4) is 0 Å². The van der Waals surface area contributed by atoms with Crippen LogP contribution in [0.2, 0.25) is 0 Å². The third kappa shape index (κ3) is 3.69. The van der Waals surface area contributed by atoms with Crippen LogP contribution in [0, 0.1) is 0 Å². The summed E-state index contributed by atoms with van der Waals surface area (Å²) in [5, 5.41) is 4.35. The van der Waals surface area contributed by atoms with Crippen molar-refractivity contribution in [3.05, 3.63) is 48.3 Å². The number of nitrogens with zero attached hydrogens (tertiary/aromatic N) is 4. The fourth-order valence-electron chi connectivity index (χ4n) is 3.94. The van der Waals surface area contributed by atoms with Crippen molar-refractivity contribution in [2.45, 2.75) is 19.1 Å². The van der Waals surface area contributed by atoms with E-state index in [9.17, 15) is 0 Å². The second-order valence-corrected chi connectivity index (χ2v) is 7.54. The molecule has 29 heavy (non-hydrogen) atoms. The molecule has 2 atom stereocenters. The van der Waals surface area contributed by atoms with Gasteiger partial charge in [-0.05, 0) is 13.0 Å². The lowest BCUT2D eigenvalue weighted by atomic mass is 10.1. The van der Waals surface area contributed by atoms with Gasteiger partial charge < -0.3 is 19.7 Å². The first kappa shape index (κ1) is 18.4. The highest BCUT2D eigenvalue weighted by molar-refractivity contribution is 5.85. The standard InChI is InChI=1S/C22H25N5O2/c1-15-14-28-10-8-27(15)22-25-19-11-18(16-5-3-2-4-6-16)24-12-17(19)21(26-22)20-13-23-7-9-29-20/h2-6,11-12,15,20,23H,7-10,13-14H2,1H3/t15-,20?/m0/s1. The molecule has 0 bridgehead atoms. The molecule has 2 aliphatic heterocycles. The Bertz CT molecular complexity index is 991. The molecule has 2 aromatic heterocycles. The molecule has 0 amide bonds. The highest BCUT2D eigenvalue weighted by Crippen LogP contribution is 2.30. The molecular weight excluding hydrogens is 366 g/mol. The second kappa shape index (κ2) is 8.02. The number of nitrogens with one attached hydrogen (secondary N) is 1. The van der Waals surface area contributed by atoms with E-state index < -0.39 is 0 Å². The number of benzene rings is 1. The third-order valence-electron chi connectivity index (χ3n) is 5.53. The summed E-state index contributed by atoms with van der Waals surface area (Å²) in [6, 6.07) is 12.5. The Hall–Kier alpha value is -2.61. The number of hydrogen-bond acceptors (Lipinski definition) is 7. The van der Waals surface area contributed by atoms with Gasteiger partial charge in [0.15, 0.2) is 0 Å². The van der Waals surface area contributed by atoms with Crippen molar-refractivity contribution in [1.82, 2.24) is 20.3 Å². The molecule has 0 saturated carbocycles. The minimum Gasteiger partial charge on any atom is -0.377 e. The van der Waals surface area contributed by atoms with Crippen molar-refractivity contribution < 1.29 is 9.47 Å². The molecule has 1 aromatic carbocycles. The molecular formula is C22H25N5O2. The van der Waals surface area contributed by atoms with Crippen LogP contribution in [0.25, 0.3) is 22.2 Å². The average Bonchev–Trinajstić information content (AvgIpc) is 2.79. The quantitative estimate of drug-likeness (QED) is 0.736. The zero-order valence-electron chi connectivity index (χ0n) is 16.5. The lowest BCUT2D eigenvalue weighted by Gasteiger charge is -2.34. The van der Waals surface area contributed by atoms with Gasteiger partial charge in [-0.2, -0.15) is 0 Å². The van der Waals surface area contributed by atoms with Crippen molar-refractivity contribution in [2.24, 2.45) is 0 Å². The van der Waals surface area contributed by atoms with Crippen molar-refractivity contribution in [3.8, 4) is 11.3 Å². The Morgan fingerprint density at radius 3 is 2.83 bits per heavy atom. The fourth-order valence-corrected chi connectivity index (χ4v) is 3.94. The van der Waals surface area contributed by atoms with Crippen LogP contribution < -0.4 is 10.2 Å². The van der Waals surface area contributed by atoms with Gasteiger partial charge in [0.25, 0.3) is 0 Å². The molecule has 5 rings (SSSR count). The topological polar surface area (TPSA) is 72.4 Å². The molecule has 0 spiro atoms. The van der Waals surface area contributed by atoms with E-state index in [-0.39, 0.29) is 12.1 Å². The molecule has 4 heterocycles. The fraction of sp³-hybridized carbons (Fsp3) is 0.409. The smallest absolute Gasteiger partial charge is 0.226 e. The minimum atomic E-state index is -0.103. The van der Waals surface area contributed by atoms with Crippen LogP contribution in [0.4, 0.5) is 5.95 Å².